The number of hydrogen-bond acceptors (Lipinski definition) is 4. The quantitative estimate of drug-likeness (QED) is 0.879. The van der Waals surface area contributed by atoms with E-state index in [1.807, 2.05) is 22.3 Å². The van der Waals surface area contributed by atoms with Crippen molar-refractivity contribution < 1.29 is 9.59 Å². The molecule has 1 aliphatic heterocycles. The zero-order valence-corrected chi connectivity index (χ0v) is 16.1. The second-order valence-corrected chi connectivity index (χ2v) is 7.82. The number of carbonyl (C=O) groups is 2. The van der Waals surface area contributed by atoms with Crippen molar-refractivity contribution in [1.29, 1.82) is 0 Å². The van der Waals surface area contributed by atoms with Gasteiger partial charge >= 0.3 is 0 Å². The fourth-order valence-corrected chi connectivity index (χ4v) is 4.26. The van der Waals surface area contributed by atoms with E-state index >= 15 is 0 Å². The van der Waals surface area contributed by atoms with Crippen LogP contribution in [0.25, 0.3) is 10.4 Å². The van der Waals surface area contributed by atoms with Gasteiger partial charge in [-0.25, -0.2) is 0 Å². The molecule has 0 spiro atoms. The molecule has 2 heterocycles. The van der Waals surface area contributed by atoms with Gasteiger partial charge < -0.3 is 10.2 Å². The van der Waals surface area contributed by atoms with Crippen LogP contribution in [0.5, 0.6) is 0 Å². The van der Waals surface area contributed by atoms with Crippen LogP contribution in [-0.2, 0) is 16.1 Å². The monoisotopic (exact) mass is 371 g/mol. The van der Waals surface area contributed by atoms with Crippen LogP contribution in [0.3, 0.4) is 0 Å². The summed E-state index contributed by atoms with van der Waals surface area (Å²) >= 11 is 1.83. The third-order valence-electron chi connectivity index (χ3n) is 4.57. The molecule has 1 aromatic heterocycles. The summed E-state index contributed by atoms with van der Waals surface area (Å²) in [6.07, 6.45) is 0. The fraction of sp³-hybridized carbons (Fsp3) is 0.400. The Morgan fingerprint density at radius 3 is 2.42 bits per heavy atom. The van der Waals surface area contributed by atoms with E-state index in [4.69, 9.17) is 0 Å². The molecule has 0 bridgehead atoms. The first-order valence-corrected chi connectivity index (χ1v) is 9.77. The average Bonchev–Trinajstić information content (AvgIpc) is 3.10. The number of nitrogens with one attached hydrogen (secondary N) is 1. The van der Waals surface area contributed by atoms with Crippen molar-refractivity contribution in [3.05, 3.63) is 47.3 Å². The van der Waals surface area contributed by atoms with Crippen LogP contribution in [0.2, 0.25) is 0 Å². The van der Waals surface area contributed by atoms with Gasteiger partial charge in [-0.3, -0.25) is 14.5 Å². The summed E-state index contributed by atoms with van der Waals surface area (Å²) < 4.78 is 0. The minimum atomic E-state index is -0.454. The highest BCUT2D eigenvalue weighted by Gasteiger charge is 2.25. The number of rotatable bonds is 5. The van der Waals surface area contributed by atoms with Gasteiger partial charge in [-0.1, -0.05) is 30.3 Å². The van der Waals surface area contributed by atoms with Crippen LogP contribution in [-0.4, -0.2) is 53.8 Å². The second-order valence-electron chi connectivity index (χ2n) is 6.66. The van der Waals surface area contributed by atoms with Crippen LogP contribution in [0.15, 0.2) is 42.5 Å². The first-order valence-electron chi connectivity index (χ1n) is 8.95. The molecule has 1 unspecified atom stereocenters. The molecule has 2 aromatic rings. The molecule has 1 saturated heterocycles. The van der Waals surface area contributed by atoms with E-state index in [1.165, 1.54) is 22.2 Å². The molecule has 6 heteroatoms. The Morgan fingerprint density at radius 1 is 1.08 bits per heavy atom. The van der Waals surface area contributed by atoms with Gasteiger partial charge in [-0.05, 0) is 24.6 Å². The van der Waals surface area contributed by atoms with E-state index in [0.29, 0.717) is 13.1 Å². The Bertz CT molecular complexity index is 751. The van der Waals surface area contributed by atoms with Gasteiger partial charge in [-0.2, -0.15) is 0 Å². The van der Waals surface area contributed by atoms with Gasteiger partial charge in [0.05, 0.1) is 0 Å². The van der Waals surface area contributed by atoms with Gasteiger partial charge in [0.1, 0.15) is 6.04 Å². The molecule has 3 rings (SSSR count). The van der Waals surface area contributed by atoms with Crippen molar-refractivity contribution in [1.82, 2.24) is 15.1 Å². The predicted molar refractivity (Wildman–Crippen MR) is 105 cm³/mol. The minimum absolute atomic E-state index is 0.00216. The van der Waals surface area contributed by atoms with Gasteiger partial charge in [0, 0.05) is 49.4 Å². The van der Waals surface area contributed by atoms with E-state index < -0.39 is 6.04 Å². The third kappa shape index (κ3) is 4.71. The summed E-state index contributed by atoms with van der Waals surface area (Å²) in [7, 11) is 0. The lowest BCUT2D eigenvalue weighted by atomic mass is 10.2. The third-order valence-corrected chi connectivity index (χ3v) is 5.69. The highest BCUT2D eigenvalue weighted by atomic mass is 32.1. The molecular weight excluding hydrogens is 346 g/mol. The lowest BCUT2D eigenvalue weighted by molar-refractivity contribution is -0.137. The molecular formula is C20H25N3O2S. The molecule has 0 aliphatic carbocycles. The molecule has 1 N–H and O–H groups in total. The average molecular weight is 372 g/mol. The molecule has 1 fully saturated rings. The highest BCUT2D eigenvalue weighted by Crippen LogP contribution is 2.28. The summed E-state index contributed by atoms with van der Waals surface area (Å²) in [5.74, 6) is -0.168. The van der Waals surface area contributed by atoms with Crippen molar-refractivity contribution in [3.8, 4) is 10.4 Å². The molecule has 1 aliphatic rings. The number of carbonyl (C=O) groups excluding carboxylic acids is 2. The van der Waals surface area contributed by atoms with Crippen molar-refractivity contribution in [3.63, 3.8) is 0 Å². The maximum Gasteiger partial charge on any atom is 0.244 e. The lowest BCUT2D eigenvalue weighted by Crippen LogP contribution is -2.53. The number of nitrogens with zero attached hydrogens (tertiary/aromatic N) is 2. The van der Waals surface area contributed by atoms with Crippen molar-refractivity contribution in [2.75, 3.05) is 26.2 Å². The van der Waals surface area contributed by atoms with Gasteiger partial charge in [0.15, 0.2) is 0 Å². The standard InChI is InChI=1S/C20H25N3O2S/c1-15(21-16(2)24)20(25)23-12-10-22(11-13-23)14-18-8-9-19(26-18)17-6-4-3-5-7-17/h3-9,15H,10-14H2,1-2H3,(H,21,24). The molecule has 1 atom stereocenters. The van der Waals surface area contributed by atoms with Crippen LogP contribution in [0, 0.1) is 0 Å². The van der Waals surface area contributed by atoms with Crippen LogP contribution in [0.4, 0.5) is 0 Å². The minimum Gasteiger partial charge on any atom is -0.345 e. The molecule has 2 amide bonds. The summed E-state index contributed by atoms with van der Waals surface area (Å²) in [4.78, 5) is 30.3. The smallest absolute Gasteiger partial charge is 0.244 e. The van der Waals surface area contributed by atoms with E-state index in [9.17, 15) is 9.59 Å². The zero-order chi connectivity index (χ0) is 18.5. The van der Waals surface area contributed by atoms with Crippen LogP contribution >= 0.6 is 11.3 Å². The maximum atomic E-state index is 12.4. The topological polar surface area (TPSA) is 52.7 Å². The number of amides is 2. The Balaban J connectivity index is 1.51. The number of hydrogen-bond donors (Lipinski definition) is 1. The number of thiophene rings is 1. The Kier molecular flexibility index (Phi) is 6.06. The summed E-state index contributed by atoms with van der Waals surface area (Å²) in [6.45, 7) is 7.23. The SMILES string of the molecule is CC(=O)NC(C)C(=O)N1CCN(Cc2ccc(-c3ccccc3)s2)CC1. The number of benzene rings is 1. The summed E-state index contributed by atoms with van der Waals surface area (Å²) in [6, 6.07) is 14.4. The molecule has 138 valence electrons. The Labute approximate surface area is 158 Å². The fourth-order valence-electron chi connectivity index (χ4n) is 3.21. The predicted octanol–water partition coefficient (Wildman–Crippen LogP) is 2.58. The Hall–Kier alpha value is -2.18. The summed E-state index contributed by atoms with van der Waals surface area (Å²) in [5, 5.41) is 2.67. The van der Waals surface area contributed by atoms with Crippen LogP contribution < -0.4 is 5.32 Å². The number of piperazine rings is 1. The lowest BCUT2D eigenvalue weighted by Gasteiger charge is -2.35. The molecule has 1 aromatic carbocycles. The summed E-state index contributed by atoms with van der Waals surface area (Å²) in [5.41, 5.74) is 1.26. The van der Waals surface area contributed by atoms with Crippen LogP contribution in [0.1, 0.15) is 18.7 Å². The second kappa shape index (κ2) is 8.47. The van der Waals surface area contributed by atoms with E-state index in [2.05, 4.69) is 46.6 Å². The van der Waals surface area contributed by atoms with Gasteiger partial charge in [0.2, 0.25) is 11.8 Å². The molecule has 0 radical (unpaired) electrons. The highest BCUT2D eigenvalue weighted by molar-refractivity contribution is 7.15. The van der Waals surface area contributed by atoms with Crippen molar-refractivity contribution in [2.45, 2.75) is 26.4 Å². The van der Waals surface area contributed by atoms with Crippen molar-refractivity contribution >= 4 is 23.2 Å². The van der Waals surface area contributed by atoms with E-state index in [0.717, 1.165) is 19.6 Å². The first kappa shape index (κ1) is 18.6. The first-order chi connectivity index (χ1) is 12.5. The largest absolute Gasteiger partial charge is 0.345 e. The van der Waals surface area contributed by atoms with E-state index in [1.54, 1.807) is 6.92 Å². The molecule has 26 heavy (non-hydrogen) atoms. The zero-order valence-electron chi connectivity index (χ0n) is 15.3. The molecule has 0 saturated carbocycles. The van der Waals surface area contributed by atoms with Gasteiger partial charge in [0.25, 0.3) is 0 Å². The maximum absolute atomic E-state index is 12.4. The molecule has 5 nitrogen and oxygen atoms in total. The normalized spacial score (nSPS) is 16.3. The van der Waals surface area contributed by atoms with Gasteiger partial charge in [-0.15, -0.1) is 11.3 Å². The van der Waals surface area contributed by atoms with E-state index in [-0.39, 0.29) is 11.8 Å². The Morgan fingerprint density at radius 2 is 1.77 bits per heavy atom. The van der Waals surface area contributed by atoms with Crippen molar-refractivity contribution in [2.24, 2.45) is 0 Å².